The third-order valence-electron chi connectivity index (χ3n) is 1.21. The van der Waals surface area contributed by atoms with Crippen LogP contribution >= 0.6 is 9.93 Å². The summed E-state index contributed by atoms with van der Waals surface area (Å²) < 4.78 is 21.6. The molecule has 9 heavy (non-hydrogen) atoms. The Hall–Kier alpha value is 0.0400. The van der Waals surface area contributed by atoms with Crippen molar-refractivity contribution in [1.82, 2.24) is 0 Å². The van der Waals surface area contributed by atoms with Crippen LogP contribution in [0.2, 0.25) is 0 Å². The Kier molecular flexibility index (Phi) is 1.86. The molecule has 1 rings (SSSR count). The van der Waals surface area contributed by atoms with Crippen molar-refractivity contribution in [2.24, 2.45) is 0 Å². The lowest BCUT2D eigenvalue weighted by Crippen LogP contribution is -1.95. The molecule has 0 radical (unpaired) electrons. The van der Waals surface area contributed by atoms with E-state index >= 15 is 0 Å². The minimum absolute atomic E-state index is 0.794. The van der Waals surface area contributed by atoms with Gasteiger partial charge in [0.2, 0.25) is 0 Å². The first-order valence-corrected chi connectivity index (χ1v) is 6.83. The zero-order valence-electron chi connectivity index (χ0n) is 5.24. The molecule has 1 aliphatic heterocycles. The van der Waals surface area contributed by atoms with Gasteiger partial charge in [0.15, 0.2) is 8.87 Å². The predicted octanol–water partition coefficient (Wildman–Crippen LogP) is 0.865. The molecule has 0 fully saturated rings. The Balaban J connectivity index is 2.76. The van der Waals surface area contributed by atoms with Crippen LogP contribution in [-0.2, 0) is 8.87 Å². The van der Waals surface area contributed by atoms with Crippen molar-refractivity contribution in [1.29, 1.82) is 0 Å². The van der Waals surface area contributed by atoms with E-state index in [1.54, 1.807) is 0 Å². The van der Waals surface area contributed by atoms with Crippen molar-refractivity contribution in [3.8, 4) is 0 Å². The molecule has 1 heterocycles. The molecule has 0 aromatic rings. The summed E-state index contributed by atoms with van der Waals surface area (Å²) in [6.07, 6.45) is 4.21. The first-order valence-electron chi connectivity index (χ1n) is 2.74. The van der Waals surface area contributed by atoms with Gasteiger partial charge in [-0.2, -0.15) is 0 Å². The fraction of sp³-hybridized carbons (Fsp3) is 0.600. The summed E-state index contributed by atoms with van der Waals surface area (Å²) in [6.45, 7) is 0. The normalized spacial score (nSPS) is 31.0. The van der Waals surface area contributed by atoms with Gasteiger partial charge in [-0.1, -0.05) is 6.08 Å². The molecule has 54 valence electrons. The molecule has 0 bridgehead atoms. The van der Waals surface area contributed by atoms with Crippen molar-refractivity contribution in [3.63, 3.8) is 0 Å². The third-order valence-corrected chi connectivity index (χ3v) is 6.78. The summed E-state index contributed by atoms with van der Waals surface area (Å²) in [6, 6.07) is 0. The number of rotatable bonds is 1. The van der Waals surface area contributed by atoms with E-state index in [1.165, 1.54) is 6.26 Å². The van der Waals surface area contributed by atoms with E-state index in [4.69, 9.17) is 0 Å². The monoisotopic (exact) mass is 166 g/mol. The molecular formula is C5H10O2S2. The van der Waals surface area contributed by atoms with Crippen LogP contribution in [0.4, 0.5) is 0 Å². The van der Waals surface area contributed by atoms with Gasteiger partial charge in [-0.3, -0.25) is 0 Å². The van der Waals surface area contributed by atoms with Crippen molar-refractivity contribution < 1.29 is 8.42 Å². The molecule has 0 saturated heterocycles. The van der Waals surface area contributed by atoms with E-state index in [0.29, 0.717) is 0 Å². The molecule has 0 N–H and O–H groups in total. The van der Waals surface area contributed by atoms with Crippen molar-refractivity contribution in [3.05, 3.63) is 11.5 Å². The van der Waals surface area contributed by atoms with Crippen LogP contribution in [0.5, 0.6) is 0 Å². The van der Waals surface area contributed by atoms with E-state index < -0.39 is 18.8 Å². The lowest BCUT2D eigenvalue weighted by molar-refractivity contribution is 0.615. The van der Waals surface area contributed by atoms with E-state index in [9.17, 15) is 8.42 Å². The quantitative estimate of drug-likeness (QED) is 0.463. The first kappa shape index (κ1) is 7.15. The van der Waals surface area contributed by atoms with Crippen molar-refractivity contribution in [2.45, 2.75) is 6.42 Å². The van der Waals surface area contributed by atoms with Gasteiger partial charge in [0.25, 0.3) is 0 Å². The maximum Gasteiger partial charge on any atom is 0.182 e. The van der Waals surface area contributed by atoms with Gasteiger partial charge in [-0.25, -0.2) is 8.42 Å². The largest absolute Gasteiger partial charge is 0.219 e. The summed E-state index contributed by atoms with van der Waals surface area (Å²) in [7, 11) is -3.52. The summed E-state index contributed by atoms with van der Waals surface area (Å²) in [5.74, 6) is 0.841. The molecule has 2 nitrogen and oxygen atoms in total. The van der Waals surface area contributed by atoms with E-state index in [2.05, 4.69) is 0 Å². The molecule has 0 spiro atoms. The Morgan fingerprint density at radius 1 is 1.56 bits per heavy atom. The topological polar surface area (TPSA) is 34.1 Å². The van der Waals surface area contributed by atoms with Crippen LogP contribution in [0.1, 0.15) is 6.42 Å². The summed E-state index contributed by atoms with van der Waals surface area (Å²) in [5.41, 5.74) is 0. The molecule has 1 atom stereocenters. The molecular weight excluding hydrogens is 156 g/mol. The standard InChI is InChI=1S/C5H10O2S2/c1-9(6,7)8-4-2-3-5-8/h2,4,8H,3,5H2,1H3. The van der Waals surface area contributed by atoms with Gasteiger partial charge in [0.05, 0.1) is 0 Å². The second-order valence-corrected chi connectivity index (χ2v) is 8.49. The van der Waals surface area contributed by atoms with Gasteiger partial charge in [-0.05, 0) is 17.6 Å². The minimum atomic E-state index is -2.72. The fourth-order valence-corrected chi connectivity index (χ4v) is 4.47. The average Bonchev–Trinajstić information content (AvgIpc) is 2.08. The van der Waals surface area contributed by atoms with Crippen molar-refractivity contribution in [2.75, 3.05) is 12.0 Å². The second-order valence-electron chi connectivity index (χ2n) is 2.05. The van der Waals surface area contributed by atoms with Crippen LogP contribution in [0.25, 0.3) is 0 Å². The third kappa shape index (κ3) is 1.72. The molecule has 0 aliphatic carbocycles. The number of allylic oxidation sites excluding steroid dienone is 1. The highest BCUT2D eigenvalue weighted by Crippen LogP contribution is 2.38. The fourth-order valence-electron chi connectivity index (χ4n) is 0.745. The van der Waals surface area contributed by atoms with Gasteiger partial charge in [0.1, 0.15) is 0 Å². The molecule has 0 aromatic carbocycles. The van der Waals surface area contributed by atoms with Gasteiger partial charge in [0, 0.05) is 6.26 Å². The molecule has 1 unspecified atom stereocenters. The highest BCUT2D eigenvalue weighted by Gasteiger charge is 2.14. The van der Waals surface area contributed by atoms with Gasteiger partial charge in [-0.15, -0.1) is 9.93 Å². The molecule has 0 aromatic heterocycles. The molecule has 0 amide bonds. The number of thiol groups is 1. The highest BCUT2D eigenvalue weighted by atomic mass is 33.2. The average molecular weight is 166 g/mol. The lowest BCUT2D eigenvalue weighted by Gasteiger charge is -2.07. The van der Waals surface area contributed by atoms with Crippen LogP contribution in [0, 0.1) is 0 Å². The molecule has 0 saturated carbocycles. The summed E-state index contributed by atoms with van der Waals surface area (Å²) in [4.78, 5) is 0. The lowest BCUT2D eigenvalue weighted by atomic mass is 10.5. The highest BCUT2D eigenvalue weighted by molar-refractivity contribution is 8.82. The predicted molar refractivity (Wildman–Crippen MR) is 42.5 cm³/mol. The zero-order chi connectivity index (χ0) is 6.91. The smallest absolute Gasteiger partial charge is 0.182 e. The van der Waals surface area contributed by atoms with Gasteiger partial charge < -0.3 is 0 Å². The summed E-state index contributed by atoms with van der Waals surface area (Å²) >= 11 is 0. The zero-order valence-corrected chi connectivity index (χ0v) is 6.95. The Bertz CT molecular complexity index is 215. The van der Waals surface area contributed by atoms with Crippen molar-refractivity contribution >= 4 is 18.8 Å². The Labute approximate surface area is 57.6 Å². The molecule has 4 heteroatoms. The molecule has 1 aliphatic rings. The Morgan fingerprint density at radius 3 is 2.44 bits per heavy atom. The van der Waals surface area contributed by atoms with Crippen LogP contribution in [0.3, 0.4) is 0 Å². The number of hydrogen-bond acceptors (Lipinski definition) is 2. The SMILES string of the molecule is CS(=O)(=O)[SH]1C=CCC1. The first-order chi connectivity index (χ1) is 4.11. The van der Waals surface area contributed by atoms with E-state index in [1.807, 2.05) is 11.5 Å². The van der Waals surface area contributed by atoms with Crippen LogP contribution < -0.4 is 0 Å². The van der Waals surface area contributed by atoms with Crippen LogP contribution in [0.15, 0.2) is 11.5 Å². The van der Waals surface area contributed by atoms with Crippen LogP contribution in [-0.4, -0.2) is 20.4 Å². The minimum Gasteiger partial charge on any atom is -0.219 e. The Morgan fingerprint density at radius 2 is 2.22 bits per heavy atom. The maximum absolute atomic E-state index is 10.8. The number of hydrogen-bond donors (Lipinski definition) is 1. The summed E-state index contributed by atoms with van der Waals surface area (Å²) in [5, 5.41) is 1.84. The van der Waals surface area contributed by atoms with E-state index in [0.717, 1.165) is 12.2 Å². The second kappa shape index (κ2) is 2.34. The maximum atomic E-state index is 10.8. The van der Waals surface area contributed by atoms with Gasteiger partial charge >= 0.3 is 0 Å². The van der Waals surface area contributed by atoms with E-state index in [-0.39, 0.29) is 0 Å².